The molecule has 0 radical (unpaired) electrons. The van der Waals surface area contributed by atoms with Gasteiger partial charge in [-0.3, -0.25) is 14.4 Å². The highest BCUT2D eigenvalue weighted by Gasteiger charge is 2.39. The zero-order valence-electron chi connectivity index (χ0n) is 24.3. The van der Waals surface area contributed by atoms with Crippen molar-refractivity contribution in [1.82, 2.24) is 20.5 Å². The standard InChI is InChI=1S/C34H37N5O5/c35-26(18-22-10-3-1-4-11-22)31(40)37-28(19-23-12-5-2-6-13-23)33(42)39-17-9-16-30(39)32(41)38-29(34(43)44)20-24-21-36-27-15-8-7-14-25(24)27/h1-8,10-15,21,26,28-30,36H,9,16-20,35H2,(H,37,40)(H,38,41)(H,43,44). The SMILES string of the molecule is NC(Cc1ccccc1)C(=O)NC(Cc1ccccc1)C(=O)N1CCCC1C(=O)NC(Cc1c[nH]c2ccccc12)C(=O)O. The molecule has 1 aliphatic rings. The van der Waals surface area contributed by atoms with Gasteiger partial charge >= 0.3 is 5.97 Å². The highest BCUT2D eigenvalue weighted by atomic mass is 16.4. The Labute approximate surface area is 255 Å². The van der Waals surface area contributed by atoms with Gasteiger partial charge in [-0.1, -0.05) is 78.9 Å². The molecule has 5 rings (SSSR count). The predicted octanol–water partition coefficient (Wildman–Crippen LogP) is 2.57. The summed E-state index contributed by atoms with van der Waals surface area (Å²) in [4.78, 5) is 57.4. The zero-order valence-corrected chi connectivity index (χ0v) is 24.3. The first-order chi connectivity index (χ1) is 21.3. The number of para-hydroxylation sites is 1. The lowest BCUT2D eigenvalue weighted by Gasteiger charge is -2.30. The van der Waals surface area contributed by atoms with Crippen LogP contribution in [-0.4, -0.2) is 69.4 Å². The number of H-pyrrole nitrogens is 1. The minimum absolute atomic E-state index is 0.0811. The van der Waals surface area contributed by atoms with Gasteiger partial charge in [0.1, 0.15) is 18.1 Å². The first kappa shape index (κ1) is 30.5. The van der Waals surface area contributed by atoms with Gasteiger partial charge in [0.2, 0.25) is 17.7 Å². The van der Waals surface area contributed by atoms with Crippen LogP contribution >= 0.6 is 0 Å². The van der Waals surface area contributed by atoms with Crippen LogP contribution in [0.3, 0.4) is 0 Å². The number of carboxylic acid groups (broad SMARTS) is 1. The molecule has 1 aliphatic heterocycles. The van der Waals surface area contributed by atoms with Crippen molar-refractivity contribution in [3.63, 3.8) is 0 Å². The van der Waals surface area contributed by atoms with Gasteiger partial charge < -0.3 is 31.4 Å². The molecule has 1 saturated heterocycles. The first-order valence-corrected chi connectivity index (χ1v) is 14.8. The fraction of sp³-hybridized carbons (Fsp3) is 0.294. The van der Waals surface area contributed by atoms with Crippen molar-refractivity contribution in [2.24, 2.45) is 5.73 Å². The molecular formula is C34H37N5O5. The van der Waals surface area contributed by atoms with Gasteiger partial charge in [-0.2, -0.15) is 0 Å². The van der Waals surface area contributed by atoms with Gasteiger partial charge in [0.05, 0.1) is 6.04 Å². The number of aliphatic carboxylic acids is 1. The van der Waals surface area contributed by atoms with Gasteiger partial charge in [0, 0.05) is 36.5 Å². The summed E-state index contributed by atoms with van der Waals surface area (Å²) >= 11 is 0. The Morgan fingerprint density at radius 3 is 2.16 bits per heavy atom. The monoisotopic (exact) mass is 595 g/mol. The largest absolute Gasteiger partial charge is 0.480 e. The molecule has 0 aliphatic carbocycles. The fourth-order valence-electron chi connectivity index (χ4n) is 5.78. The Kier molecular flexibility index (Phi) is 9.71. The number of carbonyl (C=O) groups excluding carboxylic acids is 3. The fourth-order valence-corrected chi connectivity index (χ4v) is 5.78. The number of fused-ring (bicyclic) bond motifs is 1. The summed E-state index contributed by atoms with van der Waals surface area (Å²) in [6, 6.07) is 22.4. The zero-order chi connectivity index (χ0) is 31.1. The van der Waals surface area contributed by atoms with Crippen molar-refractivity contribution in [1.29, 1.82) is 0 Å². The Bertz CT molecular complexity index is 1610. The maximum atomic E-state index is 14.0. The van der Waals surface area contributed by atoms with Gasteiger partial charge in [0.25, 0.3) is 0 Å². The highest BCUT2D eigenvalue weighted by Crippen LogP contribution is 2.22. The second-order valence-electron chi connectivity index (χ2n) is 11.2. The molecule has 0 spiro atoms. The summed E-state index contributed by atoms with van der Waals surface area (Å²) in [6.07, 6.45) is 3.31. The van der Waals surface area contributed by atoms with Crippen LogP contribution in [-0.2, 0) is 38.4 Å². The molecule has 10 heteroatoms. The van der Waals surface area contributed by atoms with Crippen LogP contribution in [0.25, 0.3) is 10.9 Å². The van der Waals surface area contributed by atoms with Gasteiger partial charge in [-0.15, -0.1) is 0 Å². The quantitative estimate of drug-likeness (QED) is 0.169. The Balaban J connectivity index is 1.30. The average molecular weight is 596 g/mol. The summed E-state index contributed by atoms with van der Waals surface area (Å²) in [6.45, 7) is 0.314. The molecule has 4 atom stereocenters. The molecule has 1 aromatic heterocycles. The lowest BCUT2D eigenvalue weighted by Crippen LogP contribution is -2.57. The Morgan fingerprint density at radius 2 is 1.48 bits per heavy atom. The first-order valence-electron chi connectivity index (χ1n) is 14.8. The smallest absolute Gasteiger partial charge is 0.326 e. The van der Waals surface area contributed by atoms with E-state index in [1.54, 1.807) is 6.20 Å². The number of nitrogens with two attached hydrogens (primary N) is 1. The lowest BCUT2D eigenvalue weighted by molar-refractivity contribution is -0.144. The minimum atomic E-state index is -1.19. The highest BCUT2D eigenvalue weighted by molar-refractivity contribution is 5.95. The molecule has 0 bridgehead atoms. The predicted molar refractivity (Wildman–Crippen MR) is 167 cm³/mol. The van der Waals surface area contributed by atoms with E-state index in [0.29, 0.717) is 25.8 Å². The van der Waals surface area contributed by atoms with Crippen LogP contribution < -0.4 is 16.4 Å². The van der Waals surface area contributed by atoms with E-state index >= 15 is 0 Å². The van der Waals surface area contributed by atoms with E-state index in [0.717, 1.165) is 27.6 Å². The van der Waals surface area contributed by atoms with Gasteiger partial charge in [-0.05, 0) is 42.0 Å². The van der Waals surface area contributed by atoms with Crippen molar-refractivity contribution in [3.05, 3.63) is 108 Å². The number of rotatable bonds is 12. The third-order valence-corrected chi connectivity index (χ3v) is 8.08. The number of carbonyl (C=O) groups is 4. The number of nitrogens with one attached hydrogen (secondary N) is 3. The minimum Gasteiger partial charge on any atom is -0.480 e. The van der Waals surface area contributed by atoms with Crippen molar-refractivity contribution in [2.75, 3.05) is 6.54 Å². The molecule has 1 fully saturated rings. The van der Waals surface area contributed by atoms with E-state index in [2.05, 4.69) is 15.6 Å². The number of hydrogen-bond acceptors (Lipinski definition) is 5. The van der Waals surface area contributed by atoms with E-state index in [9.17, 15) is 24.3 Å². The van der Waals surface area contributed by atoms with Gasteiger partial charge in [-0.25, -0.2) is 4.79 Å². The summed E-state index contributed by atoms with van der Waals surface area (Å²) in [7, 11) is 0. The van der Waals surface area contributed by atoms with E-state index in [1.807, 2.05) is 84.9 Å². The summed E-state index contributed by atoms with van der Waals surface area (Å²) < 4.78 is 0. The molecule has 0 saturated carbocycles. The summed E-state index contributed by atoms with van der Waals surface area (Å²) in [5.41, 5.74) is 9.62. The second kappa shape index (κ2) is 14.0. The van der Waals surface area contributed by atoms with Gasteiger partial charge in [0.15, 0.2) is 0 Å². The summed E-state index contributed by atoms with van der Waals surface area (Å²) in [5, 5.41) is 16.4. The van der Waals surface area contributed by atoms with Crippen molar-refractivity contribution in [2.45, 2.75) is 56.3 Å². The molecule has 10 nitrogen and oxygen atoms in total. The van der Waals surface area contributed by atoms with Crippen molar-refractivity contribution >= 4 is 34.6 Å². The van der Waals surface area contributed by atoms with E-state index < -0.39 is 47.9 Å². The van der Waals surface area contributed by atoms with Crippen LogP contribution in [0.2, 0.25) is 0 Å². The van der Waals surface area contributed by atoms with E-state index in [-0.39, 0.29) is 12.8 Å². The maximum absolute atomic E-state index is 14.0. The molecule has 3 amide bonds. The third kappa shape index (κ3) is 7.33. The lowest BCUT2D eigenvalue weighted by atomic mass is 10.0. The van der Waals surface area contributed by atoms with Crippen LogP contribution in [0, 0.1) is 0 Å². The van der Waals surface area contributed by atoms with E-state index in [4.69, 9.17) is 5.73 Å². The topological polar surface area (TPSA) is 158 Å². The number of benzene rings is 3. The Hall–Kier alpha value is -4.96. The average Bonchev–Trinajstić information content (AvgIpc) is 3.69. The number of amides is 3. The summed E-state index contributed by atoms with van der Waals surface area (Å²) in [5.74, 6) is -2.57. The van der Waals surface area contributed by atoms with E-state index in [1.165, 1.54) is 4.90 Å². The number of likely N-dealkylation sites (tertiary alicyclic amines) is 1. The van der Waals surface area contributed by atoms with Crippen molar-refractivity contribution in [3.8, 4) is 0 Å². The molecule has 4 aromatic rings. The van der Waals surface area contributed by atoms with Crippen LogP contribution in [0.1, 0.15) is 29.5 Å². The molecule has 6 N–H and O–H groups in total. The number of hydrogen-bond donors (Lipinski definition) is 5. The van der Waals surface area contributed by atoms with Crippen molar-refractivity contribution < 1.29 is 24.3 Å². The van der Waals surface area contributed by atoms with Crippen LogP contribution in [0.4, 0.5) is 0 Å². The number of nitrogens with zero attached hydrogens (tertiary/aromatic N) is 1. The normalized spacial score (nSPS) is 16.7. The third-order valence-electron chi connectivity index (χ3n) is 8.08. The van der Waals surface area contributed by atoms with Crippen LogP contribution in [0.15, 0.2) is 91.1 Å². The molecule has 2 heterocycles. The number of aromatic nitrogens is 1. The van der Waals surface area contributed by atoms with Crippen LogP contribution in [0.5, 0.6) is 0 Å². The molecule has 4 unspecified atom stereocenters. The number of aromatic amines is 1. The Morgan fingerprint density at radius 1 is 0.841 bits per heavy atom. The molecule has 44 heavy (non-hydrogen) atoms. The molecule has 3 aromatic carbocycles. The second-order valence-corrected chi connectivity index (χ2v) is 11.2. The molecule has 228 valence electrons. The maximum Gasteiger partial charge on any atom is 0.326 e. The molecular weight excluding hydrogens is 558 g/mol. The number of carboxylic acids is 1.